The number of aliphatic hydroxyl groups is 7. The second-order valence-electron chi connectivity index (χ2n) is 18.7. The van der Waals surface area contributed by atoms with Crippen molar-refractivity contribution in [1.29, 1.82) is 0 Å². The molecule has 68 heavy (non-hydrogen) atoms. The van der Waals surface area contributed by atoms with Gasteiger partial charge in [-0.05, 0) is 70.6 Å². The lowest BCUT2D eigenvalue weighted by Gasteiger charge is -2.42. The van der Waals surface area contributed by atoms with Gasteiger partial charge in [-0.3, -0.25) is 4.79 Å². The maximum absolute atomic E-state index is 12.9. The molecule has 0 spiro atoms. The van der Waals surface area contributed by atoms with Gasteiger partial charge < -0.3 is 64.2 Å². The van der Waals surface area contributed by atoms with E-state index in [0.717, 1.165) is 83.5 Å². The summed E-state index contributed by atoms with van der Waals surface area (Å²) in [6.07, 6.45) is 31.9. The molecule has 0 bridgehead atoms. The first kappa shape index (κ1) is 62.1. The molecule has 2 saturated heterocycles. The summed E-state index contributed by atoms with van der Waals surface area (Å²) in [4.78, 5) is 12.9. The number of ether oxygens (including phenoxy) is 6. The van der Waals surface area contributed by atoms with Crippen molar-refractivity contribution in [2.75, 3.05) is 33.0 Å². The Labute approximate surface area is 410 Å². The normalized spacial score (nSPS) is 26.2. The summed E-state index contributed by atoms with van der Waals surface area (Å²) in [5.41, 5.74) is 0. The molecule has 2 rings (SSSR count). The van der Waals surface area contributed by atoms with Crippen LogP contribution in [0.3, 0.4) is 0 Å². The molecule has 0 amide bonds. The van der Waals surface area contributed by atoms with Gasteiger partial charge in [0.25, 0.3) is 0 Å². The first-order valence-corrected chi connectivity index (χ1v) is 26.7. The van der Waals surface area contributed by atoms with Gasteiger partial charge in [0.2, 0.25) is 0 Å². The minimum Gasteiger partial charge on any atom is -0.457 e. The zero-order valence-corrected chi connectivity index (χ0v) is 42.1. The molecule has 2 aliphatic heterocycles. The van der Waals surface area contributed by atoms with Gasteiger partial charge in [-0.25, -0.2) is 0 Å². The molecule has 0 aromatic heterocycles. The van der Waals surface area contributed by atoms with Gasteiger partial charge in [0.15, 0.2) is 12.6 Å². The second kappa shape index (κ2) is 41.6. The van der Waals surface area contributed by atoms with E-state index in [9.17, 15) is 40.5 Å². The molecule has 0 radical (unpaired) electrons. The van der Waals surface area contributed by atoms with Crippen molar-refractivity contribution < 1.29 is 69.0 Å². The third-order valence-electron chi connectivity index (χ3n) is 12.5. The molecule has 2 heterocycles. The zero-order valence-electron chi connectivity index (χ0n) is 42.1. The standard InChI is InChI=1S/C54H96O14/c1-3-5-7-9-11-13-15-16-17-18-19-20-21-22-23-24-25-26-27-28-30-32-34-36-38-63-40-43(66-46(56)37-35-33-31-29-14-12-10-8-6-4-2)41-64-53-52(62)50(60)48(58)45(68-53)42-65-54-51(61)49(59)47(57)44(39-55)67-54/h8,10,15-16,18-19,21-22,43-45,47-55,57-62H,3-7,9,11-14,17,20,23-42H2,1-2H3/b10-8-,16-15-,19-18-,22-21-. The first-order chi connectivity index (χ1) is 33.1. The minimum atomic E-state index is -1.71. The number of rotatable bonds is 42. The first-order valence-electron chi connectivity index (χ1n) is 26.7. The van der Waals surface area contributed by atoms with Crippen LogP contribution in [0.25, 0.3) is 0 Å². The largest absolute Gasteiger partial charge is 0.457 e. The number of hydrogen-bond acceptors (Lipinski definition) is 14. The summed E-state index contributed by atoms with van der Waals surface area (Å²) >= 11 is 0. The van der Waals surface area contributed by atoms with Gasteiger partial charge in [0.1, 0.15) is 54.9 Å². The molecule has 14 heteroatoms. The van der Waals surface area contributed by atoms with Gasteiger partial charge in [-0.1, -0.05) is 159 Å². The van der Waals surface area contributed by atoms with Gasteiger partial charge in [0, 0.05) is 13.0 Å². The van der Waals surface area contributed by atoms with Crippen LogP contribution in [0, 0.1) is 0 Å². The molecule has 7 N–H and O–H groups in total. The van der Waals surface area contributed by atoms with Crippen LogP contribution in [0.15, 0.2) is 48.6 Å². The monoisotopic (exact) mass is 969 g/mol. The fourth-order valence-electron chi connectivity index (χ4n) is 8.18. The lowest BCUT2D eigenvalue weighted by Crippen LogP contribution is -2.61. The van der Waals surface area contributed by atoms with Crippen molar-refractivity contribution in [3.63, 3.8) is 0 Å². The van der Waals surface area contributed by atoms with E-state index in [1.807, 2.05) is 0 Å². The Morgan fingerprint density at radius 1 is 0.485 bits per heavy atom. The quantitative estimate of drug-likeness (QED) is 0.0174. The summed E-state index contributed by atoms with van der Waals surface area (Å²) in [6.45, 7) is 3.58. The number of aliphatic hydroxyl groups excluding tert-OH is 7. The van der Waals surface area contributed by atoms with Crippen molar-refractivity contribution in [1.82, 2.24) is 0 Å². The number of esters is 1. The van der Waals surface area contributed by atoms with Crippen LogP contribution in [0.2, 0.25) is 0 Å². The number of unbranched alkanes of at least 4 members (excludes halogenated alkanes) is 20. The number of allylic oxidation sites excluding steroid dienone is 8. The molecule has 0 aromatic rings. The van der Waals surface area contributed by atoms with Crippen LogP contribution >= 0.6 is 0 Å². The van der Waals surface area contributed by atoms with Crippen molar-refractivity contribution in [3.8, 4) is 0 Å². The van der Waals surface area contributed by atoms with E-state index >= 15 is 0 Å². The minimum absolute atomic E-state index is 0.0533. The molecule has 11 atom stereocenters. The summed E-state index contributed by atoms with van der Waals surface area (Å²) in [5, 5.41) is 72.1. The Bertz CT molecular complexity index is 1310. The van der Waals surface area contributed by atoms with Gasteiger partial charge >= 0.3 is 5.97 Å². The molecule has 0 saturated carbocycles. The van der Waals surface area contributed by atoms with Crippen LogP contribution in [0.4, 0.5) is 0 Å². The fourth-order valence-corrected chi connectivity index (χ4v) is 8.18. The molecule has 2 fully saturated rings. The van der Waals surface area contributed by atoms with Crippen LogP contribution in [0.1, 0.15) is 187 Å². The van der Waals surface area contributed by atoms with Gasteiger partial charge in [0.05, 0.1) is 26.4 Å². The van der Waals surface area contributed by atoms with Crippen LogP contribution in [-0.2, 0) is 33.2 Å². The highest BCUT2D eigenvalue weighted by Crippen LogP contribution is 2.26. The highest BCUT2D eigenvalue weighted by molar-refractivity contribution is 5.69. The summed E-state index contributed by atoms with van der Waals surface area (Å²) in [6, 6.07) is 0. The maximum Gasteiger partial charge on any atom is 0.306 e. The number of carbonyl (C=O) groups is 1. The molecule has 14 nitrogen and oxygen atoms in total. The molecule has 0 aliphatic carbocycles. The second-order valence-corrected chi connectivity index (χ2v) is 18.7. The number of carbonyl (C=O) groups excluding carboxylic acids is 1. The van der Waals surface area contributed by atoms with Crippen LogP contribution < -0.4 is 0 Å². The lowest BCUT2D eigenvalue weighted by molar-refractivity contribution is -0.332. The third-order valence-corrected chi connectivity index (χ3v) is 12.5. The SMILES string of the molecule is CCC/C=C\CCCCCCCC(=O)OC(COCCCCCCCCCCC/C=C\C/C=C\C/C=C\CCCCCCC)COC1OC(COC2OC(CO)C(O)C(O)C2O)C(O)C(O)C1O. The van der Waals surface area contributed by atoms with Crippen LogP contribution in [0.5, 0.6) is 0 Å². The van der Waals surface area contributed by atoms with E-state index in [2.05, 4.69) is 62.5 Å². The lowest BCUT2D eigenvalue weighted by atomic mass is 9.98. The van der Waals surface area contributed by atoms with E-state index < -0.39 is 86.7 Å². The number of hydrogen-bond donors (Lipinski definition) is 7. The van der Waals surface area contributed by atoms with E-state index in [0.29, 0.717) is 13.0 Å². The Balaban J connectivity index is 1.70. The Morgan fingerprint density at radius 3 is 1.50 bits per heavy atom. The van der Waals surface area contributed by atoms with Crippen molar-refractivity contribution in [3.05, 3.63) is 48.6 Å². The van der Waals surface area contributed by atoms with E-state index in [1.165, 1.54) is 77.0 Å². The predicted octanol–water partition coefficient (Wildman–Crippen LogP) is 8.35. The zero-order chi connectivity index (χ0) is 49.5. The third kappa shape index (κ3) is 28.7. The predicted molar refractivity (Wildman–Crippen MR) is 266 cm³/mol. The highest BCUT2D eigenvalue weighted by Gasteiger charge is 2.47. The van der Waals surface area contributed by atoms with E-state index in [-0.39, 0.29) is 19.6 Å². The molecule has 11 unspecified atom stereocenters. The average molecular weight is 969 g/mol. The van der Waals surface area contributed by atoms with Gasteiger partial charge in [-0.15, -0.1) is 0 Å². The summed E-state index contributed by atoms with van der Waals surface area (Å²) < 4.78 is 34.2. The molecule has 396 valence electrons. The smallest absolute Gasteiger partial charge is 0.306 e. The van der Waals surface area contributed by atoms with Crippen molar-refractivity contribution >= 4 is 5.97 Å². The molecular formula is C54H96O14. The van der Waals surface area contributed by atoms with Gasteiger partial charge in [-0.2, -0.15) is 0 Å². The van der Waals surface area contributed by atoms with Crippen molar-refractivity contribution in [2.45, 2.75) is 255 Å². The molecule has 0 aromatic carbocycles. The Morgan fingerprint density at radius 2 is 0.941 bits per heavy atom. The maximum atomic E-state index is 12.9. The average Bonchev–Trinajstić information content (AvgIpc) is 3.33. The Hall–Kier alpha value is -2.05. The molecular weight excluding hydrogens is 873 g/mol. The van der Waals surface area contributed by atoms with Crippen LogP contribution in [-0.4, -0.2) is 142 Å². The topological polar surface area (TPSA) is 214 Å². The summed E-state index contributed by atoms with van der Waals surface area (Å²) in [7, 11) is 0. The summed E-state index contributed by atoms with van der Waals surface area (Å²) in [5.74, 6) is -0.391. The van der Waals surface area contributed by atoms with E-state index in [4.69, 9.17) is 28.4 Å². The van der Waals surface area contributed by atoms with E-state index in [1.54, 1.807) is 0 Å². The molecule has 2 aliphatic rings. The fraction of sp³-hybridized carbons (Fsp3) is 0.833. The van der Waals surface area contributed by atoms with Crippen molar-refractivity contribution in [2.24, 2.45) is 0 Å². The highest BCUT2D eigenvalue weighted by atomic mass is 16.7. The Kier molecular flexibility index (Phi) is 37.9.